The van der Waals surface area contributed by atoms with E-state index in [1.807, 2.05) is 85.8 Å². The van der Waals surface area contributed by atoms with Crippen molar-refractivity contribution in [3.05, 3.63) is 120 Å². The highest BCUT2D eigenvalue weighted by Crippen LogP contribution is 2.38. The maximum atomic E-state index is 14.2. The Balaban J connectivity index is 1.79. The second-order valence-electron chi connectivity index (χ2n) is 8.63. The van der Waals surface area contributed by atoms with Crippen LogP contribution in [0.1, 0.15) is 40.9 Å². The Hall–Kier alpha value is -4.31. The molecule has 0 fully saturated rings. The quantitative estimate of drug-likeness (QED) is 0.294. The molecule has 0 aliphatic heterocycles. The van der Waals surface area contributed by atoms with Gasteiger partial charge in [-0.05, 0) is 48.2 Å². The van der Waals surface area contributed by atoms with Gasteiger partial charge in [0.25, 0.3) is 5.91 Å². The number of hydrogen-bond acceptors (Lipinski definition) is 3. The molecular formula is C31H27N3O. The molecule has 0 radical (unpaired) electrons. The van der Waals surface area contributed by atoms with Crippen LogP contribution in [0, 0.1) is 6.92 Å². The van der Waals surface area contributed by atoms with Gasteiger partial charge < -0.3 is 5.32 Å². The highest BCUT2D eigenvalue weighted by molar-refractivity contribution is 6.15. The van der Waals surface area contributed by atoms with Gasteiger partial charge in [-0.2, -0.15) is 0 Å². The SMILES string of the molecule is CCC(NC(=O)c1c(-c2ccncc2)c(-c2ccccc2)nc2cccc(C)c12)c1ccccc1. The number of rotatable bonds is 6. The van der Waals surface area contributed by atoms with Gasteiger partial charge in [-0.3, -0.25) is 9.78 Å². The van der Waals surface area contributed by atoms with Gasteiger partial charge in [-0.25, -0.2) is 4.98 Å². The summed E-state index contributed by atoms with van der Waals surface area (Å²) in [4.78, 5) is 23.5. The Morgan fingerprint density at radius 1 is 0.829 bits per heavy atom. The van der Waals surface area contributed by atoms with E-state index in [4.69, 9.17) is 4.98 Å². The monoisotopic (exact) mass is 457 g/mol. The molecule has 172 valence electrons. The lowest BCUT2D eigenvalue weighted by Crippen LogP contribution is -2.29. The van der Waals surface area contributed by atoms with E-state index in [0.717, 1.165) is 50.8 Å². The zero-order chi connectivity index (χ0) is 24.2. The molecular weight excluding hydrogens is 430 g/mol. The first-order valence-corrected chi connectivity index (χ1v) is 11.9. The molecule has 0 bridgehead atoms. The second kappa shape index (κ2) is 9.90. The summed E-state index contributed by atoms with van der Waals surface area (Å²) >= 11 is 0. The highest BCUT2D eigenvalue weighted by Gasteiger charge is 2.25. The number of fused-ring (bicyclic) bond motifs is 1. The number of benzene rings is 3. The largest absolute Gasteiger partial charge is 0.345 e. The minimum absolute atomic E-state index is 0.0959. The Kier molecular flexibility index (Phi) is 6.36. The van der Waals surface area contributed by atoms with Gasteiger partial charge >= 0.3 is 0 Å². The average Bonchev–Trinajstić information content (AvgIpc) is 2.92. The summed E-state index contributed by atoms with van der Waals surface area (Å²) < 4.78 is 0. The molecule has 2 aromatic heterocycles. The number of pyridine rings is 2. The lowest BCUT2D eigenvalue weighted by molar-refractivity contribution is 0.0938. The number of amides is 1. The summed E-state index contributed by atoms with van der Waals surface area (Å²) in [7, 11) is 0. The maximum Gasteiger partial charge on any atom is 0.253 e. The highest BCUT2D eigenvalue weighted by atomic mass is 16.1. The van der Waals surface area contributed by atoms with E-state index >= 15 is 0 Å². The van der Waals surface area contributed by atoms with Crippen molar-refractivity contribution in [2.75, 3.05) is 0 Å². The molecule has 1 N–H and O–H groups in total. The Morgan fingerprint density at radius 2 is 1.51 bits per heavy atom. The van der Waals surface area contributed by atoms with Crippen LogP contribution in [0.4, 0.5) is 0 Å². The molecule has 35 heavy (non-hydrogen) atoms. The Morgan fingerprint density at radius 3 is 2.20 bits per heavy atom. The van der Waals surface area contributed by atoms with E-state index in [9.17, 15) is 4.79 Å². The fourth-order valence-corrected chi connectivity index (χ4v) is 4.66. The lowest BCUT2D eigenvalue weighted by atomic mass is 9.90. The third-order valence-electron chi connectivity index (χ3n) is 6.38. The van der Waals surface area contributed by atoms with Gasteiger partial charge in [0.15, 0.2) is 0 Å². The van der Waals surface area contributed by atoms with Crippen LogP contribution in [-0.4, -0.2) is 15.9 Å². The minimum Gasteiger partial charge on any atom is -0.345 e. The molecule has 0 spiro atoms. The van der Waals surface area contributed by atoms with E-state index in [0.29, 0.717) is 5.56 Å². The van der Waals surface area contributed by atoms with E-state index in [-0.39, 0.29) is 11.9 Å². The van der Waals surface area contributed by atoms with Crippen LogP contribution in [0.15, 0.2) is 103 Å². The maximum absolute atomic E-state index is 14.2. The second-order valence-corrected chi connectivity index (χ2v) is 8.63. The minimum atomic E-state index is -0.105. The Labute approximate surface area is 205 Å². The predicted octanol–water partition coefficient (Wildman–Crippen LogP) is 7.15. The molecule has 3 aromatic carbocycles. The van der Waals surface area contributed by atoms with Crippen molar-refractivity contribution in [1.82, 2.24) is 15.3 Å². The fourth-order valence-electron chi connectivity index (χ4n) is 4.66. The molecule has 5 rings (SSSR count). The summed E-state index contributed by atoms with van der Waals surface area (Å²) in [6.45, 7) is 4.13. The Bertz CT molecular complexity index is 1470. The van der Waals surface area contributed by atoms with Crippen molar-refractivity contribution in [3.8, 4) is 22.4 Å². The van der Waals surface area contributed by atoms with E-state index in [1.54, 1.807) is 12.4 Å². The summed E-state index contributed by atoms with van der Waals surface area (Å²) in [6, 6.07) is 30.0. The number of carbonyl (C=O) groups excluding carboxylic acids is 1. The molecule has 0 aliphatic carbocycles. The predicted molar refractivity (Wildman–Crippen MR) is 142 cm³/mol. The number of nitrogens with zero attached hydrogens (tertiary/aromatic N) is 2. The standard InChI is InChI=1S/C31H27N3O/c1-3-25(22-12-6-4-7-13-22)34-31(35)29-27-21(2)11-10-16-26(27)33-30(24-14-8-5-9-15-24)28(29)23-17-19-32-20-18-23/h4-20,25H,3H2,1-2H3,(H,34,35). The van der Waals surface area contributed by atoms with Gasteiger partial charge in [0.1, 0.15) is 0 Å². The van der Waals surface area contributed by atoms with Crippen LogP contribution in [0.2, 0.25) is 0 Å². The van der Waals surface area contributed by atoms with Crippen molar-refractivity contribution in [3.63, 3.8) is 0 Å². The molecule has 0 saturated carbocycles. The van der Waals surface area contributed by atoms with Gasteiger partial charge in [0, 0.05) is 28.9 Å². The summed E-state index contributed by atoms with van der Waals surface area (Å²) in [5.41, 5.74) is 7.04. The number of aryl methyl sites for hydroxylation is 1. The van der Waals surface area contributed by atoms with Crippen LogP contribution in [-0.2, 0) is 0 Å². The lowest BCUT2D eigenvalue weighted by Gasteiger charge is -2.22. The number of carbonyl (C=O) groups is 1. The zero-order valence-corrected chi connectivity index (χ0v) is 19.9. The number of aromatic nitrogens is 2. The van der Waals surface area contributed by atoms with Crippen LogP contribution in [0.25, 0.3) is 33.3 Å². The molecule has 1 amide bonds. The summed E-state index contributed by atoms with van der Waals surface area (Å²) in [6.07, 6.45) is 4.30. The summed E-state index contributed by atoms with van der Waals surface area (Å²) in [5.74, 6) is -0.105. The normalized spacial score (nSPS) is 11.8. The molecule has 0 saturated heterocycles. The third kappa shape index (κ3) is 4.43. The smallest absolute Gasteiger partial charge is 0.253 e. The van der Waals surface area contributed by atoms with Gasteiger partial charge in [0.05, 0.1) is 22.8 Å². The van der Waals surface area contributed by atoms with Crippen LogP contribution >= 0.6 is 0 Å². The number of hydrogen-bond donors (Lipinski definition) is 1. The summed E-state index contributed by atoms with van der Waals surface area (Å²) in [5, 5.41) is 4.20. The van der Waals surface area contributed by atoms with E-state index < -0.39 is 0 Å². The zero-order valence-electron chi connectivity index (χ0n) is 19.9. The fraction of sp³-hybridized carbons (Fsp3) is 0.129. The van der Waals surface area contributed by atoms with Crippen LogP contribution in [0.5, 0.6) is 0 Å². The molecule has 0 aliphatic rings. The number of nitrogens with one attached hydrogen (secondary N) is 1. The van der Waals surface area contributed by atoms with Crippen molar-refractivity contribution < 1.29 is 4.79 Å². The van der Waals surface area contributed by atoms with Crippen LogP contribution in [0.3, 0.4) is 0 Å². The first-order valence-electron chi connectivity index (χ1n) is 11.9. The van der Waals surface area contributed by atoms with Crippen molar-refractivity contribution in [1.29, 1.82) is 0 Å². The van der Waals surface area contributed by atoms with E-state index in [2.05, 4.69) is 29.4 Å². The van der Waals surface area contributed by atoms with Gasteiger partial charge in [0.2, 0.25) is 0 Å². The van der Waals surface area contributed by atoms with Crippen molar-refractivity contribution >= 4 is 16.8 Å². The van der Waals surface area contributed by atoms with Crippen molar-refractivity contribution in [2.24, 2.45) is 0 Å². The molecule has 4 nitrogen and oxygen atoms in total. The first-order chi connectivity index (χ1) is 17.2. The molecule has 1 unspecified atom stereocenters. The molecule has 2 heterocycles. The van der Waals surface area contributed by atoms with Gasteiger partial charge in [-0.15, -0.1) is 0 Å². The molecule has 4 heteroatoms. The van der Waals surface area contributed by atoms with Crippen molar-refractivity contribution in [2.45, 2.75) is 26.3 Å². The third-order valence-corrected chi connectivity index (χ3v) is 6.38. The molecule has 5 aromatic rings. The van der Waals surface area contributed by atoms with Crippen LogP contribution < -0.4 is 5.32 Å². The van der Waals surface area contributed by atoms with Gasteiger partial charge in [-0.1, -0.05) is 79.7 Å². The molecule has 1 atom stereocenters. The van der Waals surface area contributed by atoms with E-state index in [1.165, 1.54) is 0 Å². The topological polar surface area (TPSA) is 54.9 Å². The first kappa shape index (κ1) is 22.5. The average molecular weight is 458 g/mol.